The number of esters is 1. The molecule has 0 heterocycles. The highest BCUT2D eigenvalue weighted by Gasteiger charge is 2.09. The van der Waals surface area contributed by atoms with E-state index in [4.69, 9.17) is 22.1 Å². The molecule has 2 aromatic carbocycles. The first-order valence-corrected chi connectivity index (χ1v) is 7.29. The van der Waals surface area contributed by atoms with Gasteiger partial charge in [-0.2, -0.15) is 0 Å². The summed E-state index contributed by atoms with van der Waals surface area (Å²) in [5.74, 6) is -0.362. The summed E-state index contributed by atoms with van der Waals surface area (Å²) in [7, 11) is 0. The van der Waals surface area contributed by atoms with E-state index in [9.17, 15) is 4.79 Å². The zero-order chi connectivity index (χ0) is 14.5. The van der Waals surface area contributed by atoms with Gasteiger partial charge in [-0.15, -0.1) is 0 Å². The minimum absolute atomic E-state index is 0.345. The highest BCUT2D eigenvalue weighted by atomic mass is 35.5. The number of anilines is 1. The molecule has 2 aromatic rings. The van der Waals surface area contributed by atoms with Crippen molar-refractivity contribution in [3.63, 3.8) is 0 Å². The Morgan fingerprint density at radius 3 is 2.75 bits per heavy atom. The summed E-state index contributed by atoms with van der Waals surface area (Å²) in [6.45, 7) is 2.11. The van der Waals surface area contributed by atoms with Crippen molar-refractivity contribution in [1.82, 2.24) is 0 Å². The maximum atomic E-state index is 11.6. The van der Waals surface area contributed by atoms with Crippen LogP contribution in [0.2, 0.25) is 5.02 Å². The summed E-state index contributed by atoms with van der Waals surface area (Å²) < 4.78 is 4.94. The van der Waals surface area contributed by atoms with Crippen LogP contribution in [0.1, 0.15) is 17.3 Å². The number of benzene rings is 2. The average Bonchev–Trinajstić information content (AvgIpc) is 2.41. The van der Waals surface area contributed by atoms with Crippen LogP contribution < -0.4 is 5.73 Å². The van der Waals surface area contributed by atoms with Crippen LogP contribution in [0.4, 0.5) is 5.69 Å². The molecule has 2 N–H and O–H groups in total. The summed E-state index contributed by atoms with van der Waals surface area (Å²) in [5, 5.41) is 0.678. The number of rotatable bonds is 4. The lowest BCUT2D eigenvalue weighted by molar-refractivity contribution is 0.0526. The van der Waals surface area contributed by atoms with Crippen LogP contribution in [-0.2, 0) is 4.74 Å². The summed E-state index contributed by atoms with van der Waals surface area (Å²) in [5.41, 5.74) is 6.98. The average molecular weight is 308 g/mol. The second-order valence-electron chi connectivity index (χ2n) is 4.03. The number of ether oxygens (including phenoxy) is 1. The molecule has 0 bridgehead atoms. The maximum Gasteiger partial charge on any atom is 0.338 e. The largest absolute Gasteiger partial charge is 0.462 e. The van der Waals surface area contributed by atoms with E-state index in [1.165, 1.54) is 11.8 Å². The van der Waals surface area contributed by atoms with Gasteiger partial charge in [0.1, 0.15) is 0 Å². The van der Waals surface area contributed by atoms with E-state index >= 15 is 0 Å². The van der Waals surface area contributed by atoms with Crippen LogP contribution in [0.25, 0.3) is 0 Å². The van der Waals surface area contributed by atoms with Crippen molar-refractivity contribution in [2.24, 2.45) is 0 Å². The maximum absolute atomic E-state index is 11.6. The van der Waals surface area contributed by atoms with Crippen molar-refractivity contribution in [2.75, 3.05) is 12.3 Å². The Balaban J connectivity index is 2.20. The molecule has 5 heteroatoms. The summed E-state index contributed by atoms with van der Waals surface area (Å²) in [6, 6.07) is 12.7. The van der Waals surface area contributed by atoms with Gasteiger partial charge in [0, 0.05) is 20.5 Å². The van der Waals surface area contributed by atoms with Crippen LogP contribution in [0, 0.1) is 0 Å². The Hall–Kier alpha value is -1.65. The minimum atomic E-state index is -0.362. The van der Waals surface area contributed by atoms with Gasteiger partial charge < -0.3 is 10.5 Å². The fraction of sp³-hybridized carbons (Fsp3) is 0.133. The quantitative estimate of drug-likeness (QED) is 0.677. The third-order valence-electron chi connectivity index (χ3n) is 2.54. The van der Waals surface area contributed by atoms with E-state index in [0.717, 1.165) is 9.79 Å². The number of hydrogen-bond acceptors (Lipinski definition) is 4. The SMILES string of the molecule is CCOC(=O)c1ccc(Sc2cccc(Cl)c2)c(N)c1. The van der Waals surface area contributed by atoms with E-state index in [0.29, 0.717) is 22.9 Å². The van der Waals surface area contributed by atoms with E-state index in [2.05, 4.69) is 0 Å². The number of hydrogen-bond donors (Lipinski definition) is 1. The molecular formula is C15H14ClNO2S. The van der Waals surface area contributed by atoms with E-state index in [-0.39, 0.29) is 5.97 Å². The van der Waals surface area contributed by atoms with Crippen molar-refractivity contribution in [1.29, 1.82) is 0 Å². The normalized spacial score (nSPS) is 10.3. The molecule has 104 valence electrons. The fourth-order valence-corrected chi connectivity index (χ4v) is 2.79. The molecule has 0 atom stereocenters. The highest BCUT2D eigenvalue weighted by molar-refractivity contribution is 7.99. The Bertz CT molecular complexity index is 631. The summed E-state index contributed by atoms with van der Waals surface area (Å²) in [4.78, 5) is 13.5. The number of nitrogens with two attached hydrogens (primary N) is 1. The third kappa shape index (κ3) is 3.68. The van der Waals surface area contributed by atoms with E-state index in [1.54, 1.807) is 19.1 Å². The molecule has 0 aromatic heterocycles. The molecule has 0 aliphatic heterocycles. The summed E-state index contributed by atoms with van der Waals surface area (Å²) >= 11 is 7.45. The fourth-order valence-electron chi connectivity index (χ4n) is 1.64. The Morgan fingerprint density at radius 2 is 2.10 bits per heavy atom. The van der Waals surface area contributed by atoms with Crippen molar-refractivity contribution < 1.29 is 9.53 Å². The molecule has 0 amide bonds. The van der Waals surface area contributed by atoms with Crippen LogP contribution >= 0.6 is 23.4 Å². The molecule has 3 nitrogen and oxygen atoms in total. The molecule has 0 aliphatic rings. The van der Waals surface area contributed by atoms with Gasteiger partial charge in [0.15, 0.2) is 0 Å². The van der Waals surface area contributed by atoms with Crippen molar-refractivity contribution >= 4 is 35.0 Å². The second-order valence-corrected chi connectivity index (χ2v) is 5.58. The molecule has 20 heavy (non-hydrogen) atoms. The van der Waals surface area contributed by atoms with Gasteiger partial charge in [-0.25, -0.2) is 4.79 Å². The van der Waals surface area contributed by atoms with E-state index < -0.39 is 0 Å². The van der Waals surface area contributed by atoms with Gasteiger partial charge in [0.25, 0.3) is 0 Å². The van der Waals surface area contributed by atoms with Gasteiger partial charge in [0.05, 0.1) is 12.2 Å². The molecular weight excluding hydrogens is 294 g/mol. The molecule has 2 rings (SSSR count). The van der Waals surface area contributed by atoms with Gasteiger partial charge in [0.2, 0.25) is 0 Å². The molecule has 0 radical (unpaired) electrons. The minimum Gasteiger partial charge on any atom is -0.462 e. The van der Waals surface area contributed by atoms with Crippen LogP contribution in [0.5, 0.6) is 0 Å². The van der Waals surface area contributed by atoms with Crippen molar-refractivity contribution in [3.8, 4) is 0 Å². The van der Waals surface area contributed by atoms with Crippen molar-refractivity contribution in [2.45, 2.75) is 16.7 Å². The molecule has 0 saturated heterocycles. The van der Waals surface area contributed by atoms with Crippen LogP contribution in [0.15, 0.2) is 52.3 Å². The summed E-state index contributed by atoms with van der Waals surface area (Å²) in [6.07, 6.45) is 0. The molecule has 0 aliphatic carbocycles. The second kappa shape index (κ2) is 6.68. The topological polar surface area (TPSA) is 52.3 Å². The van der Waals surface area contributed by atoms with Crippen LogP contribution in [0.3, 0.4) is 0 Å². The monoisotopic (exact) mass is 307 g/mol. The number of carbonyl (C=O) groups excluding carboxylic acids is 1. The van der Waals surface area contributed by atoms with Gasteiger partial charge >= 0.3 is 5.97 Å². The van der Waals surface area contributed by atoms with E-state index in [1.807, 2.05) is 30.3 Å². The Labute approximate surface area is 127 Å². The van der Waals surface area contributed by atoms with Crippen molar-refractivity contribution in [3.05, 3.63) is 53.1 Å². The molecule has 0 saturated carbocycles. The number of halogens is 1. The number of carbonyl (C=O) groups is 1. The first-order chi connectivity index (χ1) is 9.60. The van der Waals surface area contributed by atoms with Gasteiger partial charge in [-0.3, -0.25) is 0 Å². The lowest BCUT2D eigenvalue weighted by atomic mass is 10.2. The Kier molecular flexibility index (Phi) is 4.93. The Morgan fingerprint density at radius 1 is 1.30 bits per heavy atom. The lowest BCUT2D eigenvalue weighted by Crippen LogP contribution is -2.05. The standard InChI is InChI=1S/C15H14ClNO2S/c1-2-19-15(18)10-6-7-14(13(17)8-10)20-12-5-3-4-11(16)9-12/h3-9H,2,17H2,1H3. The highest BCUT2D eigenvalue weighted by Crippen LogP contribution is 2.33. The van der Waals surface area contributed by atoms with Gasteiger partial charge in [-0.05, 0) is 43.3 Å². The predicted octanol–water partition coefficient (Wildman–Crippen LogP) is 4.25. The van der Waals surface area contributed by atoms with Gasteiger partial charge in [-0.1, -0.05) is 29.4 Å². The molecule has 0 spiro atoms. The first kappa shape index (κ1) is 14.8. The zero-order valence-corrected chi connectivity index (χ0v) is 12.5. The third-order valence-corrected chi connectivity index (χ3v) is 3.86. The number of nitrogen functional groups attached to an aromatic ring is 1. The lowest BCUT2D eigenvalue weighted by Gasteiger charge is -2.08. The molecule has 0 unspecified atom stereocenters. The first-order valence-electron chi connectivity index (χ1n) is 6.10. The smallest absolute Gasteiger partial charge is 0.338 e. The predicted molar refractivity (Wildman–Crippen MR) is 82.4 cm³/mol. The van der Waals surface area contributed by atoms with Crippen LogP contribution in [-0.4, -0.2) is 12.6 Å². The zero-order valence-electron chi connectivity index (χ0n) is 10.9. The molecule has 0 fully saturated rings.